The van der Waals surface area contributed by atoms with Crippen molar-refractivity contribution >= 4 is 32.6 Å². The predicted octanol–water partition coefficient (Wildman–Crippen LogP) is 4.30. The fourth-order valence-electron chi connectivity index (χ4n) is 3.33. The van der Waals surface area contributed by atoms with E-state index in [1.807, 2.05) is 6.07 Å². The largest absolute Gasteiger partial charge is 0.464 e. The van der Waals surface area contributed by atoms with Crippen LogP contribution in [0.4, 0.5) is 5.69 Å². The third-order valence-electron chi connectivity index (χ3n) is 4.91. The summed E-state index contributed by atoms with van der Waals surface area (Å²) in [5.41, 5.74) is 4.38. The van der Waals surface area contributed by atoms with E-state index in [4.69, 9.17) is 4.42 Å². The van der Waals surface area contributed by atoms with Gasteiger partial charge in [-0.1, -0.05) is 19.9 Å². The van der Waals surface area contributed by atoms with Gasteiger partial charge < -0.3 is 9.73 Å². The van der Waals surface area contributed by atoms with E-state index in [1.165, 1.54) is 31.8 Å². The number of hydrogen-bond donors (Lipinski definition) is 1. The van der Waals surface area contributed by atoms with E-state index in [1.54, 1.807) is 18.4 Å². The van der Waals surface area contributed by atoms with Gasteiger partial charge in [0.05, 0.1) is 17.6 Å². The van der Waals surface area contributed by atoms with Gasteiger partial charge in [-0.15, -0.1) is 0 Å². The number of fused-ring (bicyclic) bond motifs is 1. The van der Waals surface area contributed by atoms with Gasteiger partial charge in [0.25, 0.3) is 0 Å². The molecule has 0 aliphatic rings. The Bertz CT molecular complexity index is 1160. The van der Waals surface area contributed by atoms with Gasteiger partial charge in [0, 0.05) is 30.7 Å². The van der Waals surface area contributed by atoms with Crippen molar-refractivity contribution in [2.24, 2.45) is 0 Å². The van der Waals surface area contributed by atoms with Crippen molar-refractivity contribution in [2.45, 2.75) is 38.0 Å². The first-order valence-electron chi connectivity index (χ1n) is 9.42. The van der Waals surface area contributed by atoms with Crippen molar-refractivity contribution < 1.29 is 17.6 Å². The van der Waals surface area contributed by atoms with Crippen LogP contribution < -0.4 is 5.32 Å². The van der Waals surface area contributed by atoms with Gasteiger partial charge in [-0.3, -0.25) is 4.79 Å². The van der Waals surface area contributed by atoms with Gasteiger partial charge >= 0.3 is 0 Å². The number of benzene rings is 2. The Morgan fingerprint density at radius 1 is 1.17 bits per heavy atom. The van der Waals surface area contributed by atoms with E-state index >= 15 is 0 Å². The van der Waals surface area contributed by atoms with Crippen molar-refractivity contribution in [3.05, 3.63) is 59.4 Å². The molecule has 0 spiro atoms. The number of aryl methyl sites for hydroxylation is 1. The van der Waals surface area contributed by atoms with Crippen LogP contribution in [0.15, 0.2) is 52.0 Å². The molecule has 0 fully saturated rings. The van der Waals surface area contributed by atoms with E-state index in [2.05, 4.69) is 32.2 Å². The Balaban J connectivity index is 1.82. The maximum absolute atomic E-state index is 12.6. The highest BCUT2D eigenvalue weighted by Gasteiger charge is 2.18. The molecule has 6 nitrogen and oxygen atoms in total. The highest BCUT2D eigenvalue weighted by Crippen LogP contribution is 2.29. The Kier molecular flexibility index (Phi) is 5.82. The molecule has 3 aromatic rings. The zero-order chi connectivity index (χ0) is 21.3. The number of nitrogens with zero attached hydrogens (tertiary/aromatic N) is 1. The summed E-state index contributed by atoms with van der Waals surface area (Å²) in [4.78, 5) is 12.7. The number of nitrogens with one attached hydrogen (secondary N) is 1. The van der Waals surface area contributed by atoms with Gasteiger partial charge in [0.1, 0.15) is 5.58 Å². The molecule has 1 aromatic heterocycles. The van der Waals surface area contributed by atoms with Gasteiger partial charge in [-0.25, -0.2) is 12.7 Å². The van der Waals surface area contributed by atoms with Crippen molar-refractivity contribution in [3.63, 3.8) is 0 Å². The molecule has 3 rings (SSSR count). The molecule has 29 heavy (non-hydrogen) atoms. The molecule has 0 saturated carbocycles. The summed E-state index contributed by atoms with van der Waals surface area (Å²) < 4.78 is 31.4. The van der Waals surface area contributed by atoms with Gasteiger partial charge in [-0.05, 0) is 54.3 Å². The van der Waals surface area contributed by atoms with Crippen LogP contribution in [0.25, 0.3) is 11.0 Å². The Labute approximate surface area is 171 Å². The molecule has 0 aliphatic heterocycles. The smallest absolute Gasteiger partial charge is 0.242 e. The fourth-order valence-corrected chi connectivity index (χ4v) is 4.27. The molecule has 0 saturated heterocycles. The van der Waals surface area contributed by atoms with E-state index in [0.717, 1.165) is 26.4 Å². The summed E-state index contributed by atoms with van der Waals surface area (Å²) in [5, 5.41) is 3.71. The second-order valence-corrected chi connectivity index (χ2v) is 9.81. The standard InChI is InChI=1S/C22H26N2O4S/c1-14(2)19-12-20-16(13-28-21(20)9-15(19)3)10-22(25)23-17-7-6-8-18(11-17)29(26,27)24(4)5/h6-9,11-14H,10H2,1-5H3,(H,23,25). The van der Waals surface area contributed by atoms with Crippen LogP contribution in [-0.4, -0.2) is 32.7 Å². The summed E-state index contributed by atoms with van der Waals surface area (Å²) in [6.45, 7) is 6.32. The van der Waals surface area contributed by atoms with Gasteiger partial charge in [0.2, 0.25) is 15.9 Å². The highest BCUT2D eigenvalue weighted by atomic mass is 32.2. The van der Waals surface area contributed by atoms with E-state index in [0.29, 0.717) is 11.6 Å². The van der Waals surface area contributed by atoms with Crippen LogP contribution in [0.3, 0.4) is 0 Å². The number of anilines is 1. The average Bonchev–Trinajstić information content (AvgIpc) is 3.02. The van der Waals surface area contributed by atoms with Crippen molar-refractivity contribution in [1.29, 1.82) is 0 Å². The zero-order valence-corrected chi connectivity index (χ0v) is 18.1. The molecule has 2 aromatic carbocycles. The number of rotatable bonds is 6. The molecular formula is C22H26N2O4S. The number of furan rings is 1. The van der Waals surface area contributed by atoms with Crippen LogP contribution in [0.5, 0.6) is 0 Å². The van der Waals surface area contributed by atoms with Crippen LogP contribution in [-0.2, 0) is 21.2 Å². The minimum absolute atomic E-state index is 0.131. The van der Waals surface area contributed by atoms with E-state index in [-0.39, 0.29) is 17.2 Å². The van der Waals surface area contributed by atoms with Crippen LogP contribution in [0, 0.1) is 6.92 Å². The van der Waals surface area contributed by atoms with Crippen molar-refractivity contribution in [1.82, 2.24) is 4.31 Å². The summed E-state index contributed by atoms with van der Waals surface area (Å²) in [7, 11) is -0.624. The van der Waals surface area contributed by atoms with Crippen LogP contribution in [0.1, 0.15) is 36.5 Å². The van der Waals surface area contributed by atoms with Gasteiger partial charge in [-0.2, -0.15) is 0 Å². The number of carbonyl (C=O) groups is 1. The SMILES string of the molecule is Cc1cc2occ(CC(=O)Nc3cccc(S(=O)(=O)N(C)C)c3)c2cc1C(C)C. The number of carbonyl (C=O) groups excluding carboxylic acids is 1. The van der Waals surface area contributed by atoms with Crippen molar-refractivity contribution in [2.75, 3.05) is 19.4 Å². The maximum atomic E-state index is 12.6. The quantitative estimate of drug-likeness (QED) is 0.652. The first kappa shape index (κ1) is 21.1. The molecule has 1 N–H and O–H groups in total. The fraction of sp³-hybridized carbons (Fsp3) is 0.318. The normalized spacial score (nSPS) is 12.1. The minimum Gasteiger partial charge on any atom is -0.464 e. The Hall–Kier alpha value is -2.64. The topological polar surface area (TPSA) is 79.6 Å². The molecule has 0 aliphatic carbocycles. The molecule has 1 heterocycles. The lowest BCUT2D eigenvalue weighted by Crippen LogP contribution is -2.22. The molecule has 0 bridgehead atoms. The average molecular weight is 415 g/mol. The lowest BCUT2D eigenvalue weighted by Gasteiger charge is -2.12. The number of sulfonamides is 1. The van der Waals surface area contributed by atoms with E-state index in [9.17, 15) is 13.2 Å². The second-order valence-electron chi connectivity index (χ2n) is 7.66. The highest BCUT2D eigenvalue weighted by molar-refractivity contribution is 7.89. The third kappa shape index (κ3) is 4.36. The first-order chi connectivity index (χ1) is 13.6. The molecule has 0 atom stereocenters. The third-order valence-corrected chi connectivity index (χ3v) is 6.72. The number of amides is 1. The molecular weight excluding hydrogens is 388 g/mol. The number of hydrogen-bond acceptors (Lipinski definition) is 4. The monoisotopic (exact) mass is 414 g/mol. The maximum Gasteiger partial charge on any atom is 0.242 e. The Morgan fingerprint density at radius 2 is 1.90 bits per heavy atom. The second kappa shape index (κ2) is 8.00. The summed E-state index contributed by atoms with van der Waals surface area (Å²) in [6, 6.07) is 10.3. The molecule has 7 heteroatoms. The van der Waals surface area contributed by atoms with Gasteiger partial charge in [0.15, 0.2) is 0 Å². The lowest BCUT2D eigenvalue weighted by molar-refractivity contribution is -0.115. The Morgan fingerprint density at radius 3 is 2.55 bits per heavy atom. The van der Waals surface area contributed by atoms with Crippen LogP contribution >= 0.6 is 0 Å². The summed E-state index contributed by atoms with van der Waals surface area (Å²) in [6.07, 6.45) is 1.75. The molecule has 0 radical (unpaired) electrons. The summed E-state index contributed by atoms with van der Waals surface area (Å²) >= 11 is 0. The van der Waals surface area contributed by atoms with Crippen molar-refractivity contribution in [3.8, 4) is 0 Å². The van der Waals surface area contributed by atoms with Crippen LogP contribution in [0.2, 0.25) is 0 Å². The first-order valence-corrected chi connectivity index (χ1v) is 10.9. The molecule has 0 unspecified atom stereocenters. The summed E-state index contributed by atoms with van der Waals surface area (Å²) in [5.74, 6) is 0.135. The lowest BCUT2D eigenvalue weighted by atomic mass is 9.95. The minimum atomic E-state index is -3.56. The zero-order valence-electron chi connectivity index (χ0n) is 17.3. The molecule has 1 amide bonds. The molecule has 154 valence electrons. The van der Waals surface area contributed by atoms with E-state index < -0.39 is 10.0 Å². The predicted molar refractivity (Wildman–Crippen MR) is 115 cm³/mol.